The van der Waals surface area contributed by atoms with E-state index in [9.17, 15) is 23.2 Å². The van der Waals surface area contributed by atoms with E-state index in [1.807, 2.05) is 4.98 Å². The van der Waals surface area contributed by atoms with Crippen LogP contribution in [0.5, 0.6) is 5.75 Å². The van der Waals surface area contributed by atoms with E-state index in [4.69, 9.17) is 22.1 Å². The Morgan fingerprint density at radius 1 is 1.32 bits per heavy atom. The second-order valence-corrected chi connectivity index (χ2v) is 5.43. The molecule has 0 bridgehead atoms. The number of aromatic amines is 2. The lowest BCUT2D eigenvalue weighted by molar-refractivity contribution is 0.0921. The van der Waals surface area contributed by atoms with E-state index in [0.29, 0.717) is 0 Å². The lowest BCUT2D eigenvalue weighted by Gasteiger charge is -2.16. The molecule has 5 N–H and O–H groups in total. The van der Waals surface area contributed by atoms with E-state index in [1.165, 1.54) is 6.92 Å². The first kappa shape index (κ1) is 18.5. The van der Waals surface area contributed by atoms with Gasteiger partial charge in [0.2, 0.25) is 0 Å². The van der Waals surface area contributed by atoms with Crippen LogP contribution in [-0.4, -0.2) is 28.5 Å². The number of hydrogen-bond donors (Lipinski definition) is 4. The van der Waals surface area contributed by atoms with Crippen LogP contribution in [0.1, 0.15) is 17.4 Å². The highest BCUT2D eigenvalue weighted by atomic mass is 35.5. The van der Waals surface area contributed by atoms with Crippen LogP contribution < -0.4 is 27.0 Å². The number of hydrogen-bond acceptors (Lipinski definition) is 5. The summed E-state index contributed by atoms with van der Waals surface area (Å²) >= 11 is 5.62. The minimum atomic E-state index is -0.911. The first-order valence-electron chi connectivity index (χ1n) is 6.90. The van der Waals surface area contributed by atoms with Gasteiger partial charge < -0.3 is 20.8 Å². The molecule has 0 saturated carbocycles. The van der Waals surface area contributed by atoms with Crippen molar-refractivity contribution in [3.05, 3.63) is 55.3 Å². The van der Waals surface area contributed by atoms with Gasteiger partial charge in [0.25, 0.3) is 11.5 Å². The summed E-state index contributed by atoms with van der Waals surface area (Å²) in [6, 6.07) is 0.983. The number of H-pyrrole nitrogens is 2. The smallest absolute Gasteiger partial charge is 0.326 e. The Labute approximate surface area is 144 Å². The zero-order valence-corrected chi connectivity index (χ0v) is 13.5. The topological polar surface area (TPSA) is 130 Å². The molecule has 0 spiro atoms. The first-order chi connectivity index (χ1) is 11.7. The molecule has 1 aromatic carbocycles. The van der Waals surface area contributed by atoms with Crippen LogP contribution in [0.15, 0.2) is 21.7 Å². The maximum absolute atomic E-state index is 13.6. The molecule has 0 saturated heterocycles. The molecule has 1 heterocycles. The molecule has 1 amide bonds. The van der Waals surface area contributed by atoms with Gasteiger partial charge in [0, 0.05) is 0 Å². The number of amides is 1. The van der Waals surface area contributed by atoms with Crippen molar-refractivity contribution in [3.8, 4) is 5.75 Å². The number of nitrogen functional groups attached to an aromatic ring is 1. The van der Waals surface area contributed by atoms with Crippen molar-refractivity contribution in [2.24, 2.45) is 0 Å². The van der Waals surface area contributed by atoms with E-state index in [1.54, 1.807) is 0 Å². The second kappa shape index (κ2) is 7.34. The monoisotopic (exact) mass is 374 g/mol. The Balaban J connectivity index is 2.08. The average molecular weight is 375 g/mol. The van der Waals surface area contributed by atoms with Gasteiger partial charge in [-0.05, 0) is 19.1 Å². The van der Waals surface area contributed by atoms with Gasteiger partial charge >= 0.3 is 5.69 Å². The molecule has 0 unspecified atom stereocenters. The average Bonchev–Trinajstić information content (AvgIpc) is 2.54. The maximum Gasteiger partial charge on any atom is 0.326 e. The summed E-state index contributed by atoms with van der Waals surface area (Å²) in [6.07, 6.45) is 0. The Kier molecular flexibility index (Phi) is 5.42. The highest BCUT2D eigenvalue weighted by Gasteiger charge is 2.18. The van der Waals surface area contributed by atoms with Crippen molar-refractivity contribution in [2.75, 3.05) is 12.3 Å². The summed E-state index contributed by atoms with van der Waals surface area (Å²) in [7, 11) is 0. The van der Waals surface area contributed by atoms with Crippen molar-refractivity contribution >= 4 is 23.2 Å². The summed E-state index contributed by atoms with van der Waals surface area (Å²) in [4.78, 5) is 38.6. The molecule has 134 valence electrons. The van der Waals surface area contributed by atoms with Crippen molar-refractivity contribution in [1.82, 2.24) is 15.3 Å². The van der Waals surface area contributed by atoms with Crippen LogP contribution in [0.4, 0.5) is 14.5 Å². The normalized spacial score (nSPS) is 11.8. The van der Waals surface area contributed by atoms with Gasteiger partial charge in [-0.3, -0.25) is 14.6 Å². The van der Waals surface area contributed by atoms with Crippen LogP contribution >= 0.6 is 11.6 Å². The zero-order valence-electron chi connectivity index (χ0n) is 12.8. The van der Waals surface area contributed by atoms with E-state index >= 15 is 0 Å². The highest BCUT2D eigenvalue weighted by molar-refractivity contribution is 6.32. The van der Waals surface area contributed by atoms with Gasteiger partial charge in [0.15, 0.2) is 11.6 Å². The fourth-order valence-corrected chi connectivity index (χ4v) is 2.07. The predicted octanol–water partition coefficient (Wildman–Crippen LogP) is 0.774. The van der Waals surface area contributed by atoms with Gasteiger partial charge in [-0.2, -0.15) is 0 Å². The Morgan fingerprint density at radius 3 is 2.64 bits per heavy atom. The van der Waals surface area contributed by atoms with E-state index in [-0.39, 0.29) is 6.61 Å². The fraction of sp³-hybridized carbons (Fsp3) is 0.214. The number of anilines is 1. The van der Waals surface area contributed by atoms with Gasteiger partial charge in [0.1, 0.15) is 28.8 Å². The number of benzene rings is 1. The summed E-state index contributed by atoms with van der Waals surface area (Å²) < 4.78 is 32.0. The van der Waals surface area contributed by atoms with Crippen LogP contribution in [0, 0.1) is 11.6 Å². The summed E-state index contributed by atoms with van der Waals surface area (Å²) in [5, 5.41) is 1.86. The summed E-state index contributed by atoms with van der Waals surface area (Å²) in [5.74, 6) is -3.06. The molecular weight excluding hydrogens is 362 g/mol. The van der Waals surface area contributed by atoms with Gasteiger partial charge in [0.05, 0.1) is 6.04 Å². The van der Waals surface area contributed by atoms with E-state index in [2.05, 4.69) is 10.3 Å². The lowest BCUT2D eigenvalue weighted by Crippen LogP contribution is -2.40. The molecule has 1 aromatic heterocycles. The summed E-state index contributed by atoms with van der Waals surface area (Å²) in [6.45, 7) is 1.23. The van der Waals surface area contributed by atoms with Crippen LogP contribution in [-0.2, 0) is 0 Å². The minimum Gasteiger partial charge on any atom is -0.487 e. The van der Waals surface area contributed by atoms with Crippen molar-refractivity contribution in [2.45, 2.75) is 13.0 Å². The quantitative estimate of drug-likeness (QED) is 0.574. The number of carbonyl (C=O) groups excluding carboxylic acids is 1. The fourth-order valence-electron chi connectivity index (χ4n) is 1.86. The van der Waals surface area contributed by atoms with Gasteiger partial charge in [-0.15, -0.1) is 0 Å². The van der Waals surface area contributed by atoms with Crippen molar-refractivity contribution in [3.63, 3.8) is 0 Å². The number of ether oxygens (including phenoxy) is 1. The van der Waals surface area contributed by atoms with Gasteiger partial charge in [-0.1, -0.05) is 11.6 Å². The van der Waals surface area contributed by atoms with Gasteiger partial charge in [-0.25, -0.2) is 13.6 Å². The van der Waals surface area contributed by atoms with Crippen LogP contribution in [0.2, 0.25) is 5.02 Å². The maximum atomic E-state index is 13.6. The highest BCUT2D eigenvalue weighted by Crippen LogP contribution is 2.30. The predicted molar refractivity (Wildman–Crippen MR) is 85.9 cm³/mol. The second-order valence-electron chi connectivity index (χ2n) is 5.05. The van der Waals surface area contributed by atoms with Crippen molar-refractivity contribution in [1.29, 1.82) is 0 Å². The van der Waals surface area contributed by atoms with Crippen molar-refractivity contribution < 1.29 is 18.3 Å². The molecule has 2 aromatic rings. The first-order valence-corrected chi connectivity index (χ1v) is 7.27. The molecule has 0 aliphatic heterocycles. The third-order valence-corrected chi connectivity index (χ3v) is 3.42. The number of carbonyl (C=O) groups is 1. The molecule has 0 radical (unpaired) electrons. The summed E-state index contributed by atoms with van der Waals surface area (Å²) in [5.41, 5.74) is 2.73. The third-order valence-electron chi connectivity index (χ3n) is 3.06. The number of halogens is 3. The molecule has 8 nitrogen and oxygen atoms in total. The van der Waals surface area contributed by atoms with E-state index in [0.717, 1.165) is 12.1 Å². The molecule has 0 aliphatic rings. The van der Waals surface area contributed by atoms with E-state index < -0.39 is 57.0 Å². The largest absolute Gasteiger partial charge is 0.487 e. The standard InChI is InChI=1S/C14H13ClF2N4O4/c1-5(4-25-11-7(17)3-2-6(16)8(11)15)19-13(23)10-9(18)12(22)21-14(24)20-10/h2-3,5H,4,18H2,1H3,(H,19,23)(H2,20,21,22,24)/t5-/m1/s1. The lowest BCUT2D eigenvalue weighted by atomic mass is 10.3. The molecule has 2 rings (SSSR count). The Hall–Kier alpha value is -2.88. The van der Waals surface area contributed by atoms with Crippen LogP contribution in [0.3, 0.4) is 0 Å². The number of nitrogens with one attached hydrogen (secondary N) is 3. The van der Waals surface area contributed by atoms with Crippen LogP contribution in [0.25, 0.3) is 0 Å². The molecule has 25 heavy (non-hydrogen) atoms. The SMILES string of the molecule is C[C@H](COc1c(F)ccc(F)c1Cl)NC(=O)c1[nH]c(=O)[nH]c(=O)c1N. The zero-order chi connectivity index (χ0) is 18.7. The molecular formula is C14H13ClF2N4O4. The minimum absolute atomic E-state index is 0.265. The number of nitrogens with two attached hydrogens (primary N) is 1. The molecule has 11 heteroatoms. The molecule has 1 atom stereocenters. The molecule has 0 aliphatic carbocycles. The number of aromatic nitrogens is 2. The Morgan fingerprint density at radius 2 is 1.96 bits per heavy atom. The number of rotatable bonds is 5. The third kappa shape index (κ3) is 4.15. The molecule has 0 fully saturated rings. The Bertz CT molecular complexity index is 928.